The monoisotopic (exact) mass is 315 g/mol. The van der Waals surface area contributed by atoms with Crippen LogP contribution in [0, 0.1) is 11.3 Å². The van der Waals surface area contributed by atoms with Crippen molar-refractivity contribution in [1.82, 2.24) is 0 Å². The van der Waals surface area contributed by atoms with Crippen LogP contribution in [-0.4, -0.2) is 36.3 Å². The zero-order valence-electron chi connectivity index (χ0n) is 10.6. The summed E-state index contributed by atoms with van der Waals surface area (Å²) in [5.74, 6) is -9.08. The molecule has 2 atom stereocenters. The molecule has 0 spiro atoms. The number of nitrogens with zero attached hydrogens (tertiary/aromatic N) is 1. The van der Waals surface area contributed by atoms with Gasteiger partial charge in [-0.3, -0.25) is 0 Å². The third-order valence-electron chi connectivity index (χ3n) is 3.01. The molecular formula is C10H10F5NO3Si. The van der Waals surface area contributed by atoms with E-state index in [1.165, 1.54) is 0 Å². The van der Waals surface area contributed by atoms with E-state index in [-0.39, 0.29) is 0 Å². The van der Waals surface area contributed by atoms with Gasteiger partial charge < -0.3 is 13.3 Å². The molecule has 1 aliphatic carbocycles. The number of alkyl halides is 1. The van der Waals surface area contributed by atoms with Gasteiger partial charge in [0.1, 0.15) is 0 Å². The van der Waals surface area contributed by atoms with Crippen LogP contribution in [-0.2, 0) is 13.3 Å². The Bertz CT molecular complexity index is 505. The van der Waals surface area contributed by atoms with Gasteiger partial charge in [0.05, 0.1) is 6.07 Å². The summed E-state index contributed by atoms with van der Waals surface area (Å²) in [7, 11) is -1.88. The van der Waals surface area contributed by atoms with E-state index >= 15 is 0 Å². The van der Waals surface area contributed by atoms with E-state index in [0.29, 0.717) is 0 Å². The van der Waals surface area contributed by atoms with Crippen LogP contribution in [0.5, 0.6) is 0 Å². The molecule has 0 fully saturated rings. The molecule has 112 valence electrons. The quantitative estimate of drug-likeness (QED) is 0.591. The van der Waals surface area contributed by atoms with Crippen LogP contribution in [0.3, 0.4) is 0 Å². The Hall–Kier alpha value is -1.28. The van der Waals surface area contributed by atoms with Crippen molar-refractivity contribution in [2.45, 2.75) is 11.2 Å². The molecule has 0 saturated carbocycles. The van der Waals surface area contributed by atoms with Crippen LogP contribution in [0.1, 0.15) is 0 Å². The van der Waals surface area contributed by atoms with Gasteiger partial charge in [-0.2, -0.15) is 5.26 Å². The number of hydrogen-bond donors (Lipinski definition) is 0. The lowest BCUT2D eigenvalue weighted by molar-refractivity contribution is 0.0776. The molecule has 20 heavy (non-hydrogen) atoms. The van der Waals surface area contributed by atoms with E-state index in [4.69, 9.17) is 18.5 Å². The smallest absolute Gasteiger partial charge is 0.376 e. The van der Waals surface area contributed by atoms with Crippen molar-refractivity contribution in [3.63, 3.8) is 0 Å². The van der Waals surface area contributed by atoms with E-state index in [1.54, 1.807) is 0 Å². The van der Waals surface area contributed by atoms with E-state index in [1.807, 2.05) is 0 Å². The second-order valence-electron chi connectivity index (χ2n) is 3.74. The molecule has 1 rings (SSSR count). The first kappa shape index (κ1) is 16.8. The topological polar surface area (TPSA) is 51.5 Å². The molecule has 0 heterocycles. The first-order valence-electron chi connectivity index (χ1n) is 5.11. The van der Waals surface area contributed by atoms with Crippen LogP contribution in [0.4, 0.5) is 22.0 Å². The van der Waals surface area contributed by atoms with Crippen LogP contribution in [0.2, 0.25) is 5.04 Å². The highest BCUT2D eigenvalue weighted by molar-refractivity contribution is 6.66. The van der Waals surface area contributed by atoms with Gasteiger partial charge in [-0.1, -0.05) is 0 Å². The maximum absolute atomic E-state index is 14.1. The molecular weight excluding hydrogens is 305 g/mol. The third kappa shape index (κ3) is 1.81. The third-order valence-corrected chi connectivity index (χ3v) is 6.17. The Labute approximate surface area is 112 Å². The summed E-state index contributed by atoms with van der Waals surface area (Å²) in [5.41, 5.74) is 0. The van der Waals surface area contributed by atoms with E-state index < -0.39 is 43.3 Å². The number of rotatable bonds is 4. The summed E-state index contributed by atoms with van der Waals surface area (Å²) in [6.07, 6.45) is -3.17. The molecule has 2 unspecified atom stereocenters. The Morgan fingerprint density at radius 1 is 1.05 bits per heavy atom. The first-order chi connectivity index (χ1) is 9.29. The molecule has 0 amide bonds. The Morgan fingerprint density at radius 3 is 1.85 bits per heavy atom. The summed E-state index contributed by atoms with van der Waals surface area (Å²) in [6, 6.07) is 1.09. The summed E-state index contributed by atoms with van der Waals surface area (Å²) in [6.45, 7) is 0. The molecule has 0 aliphatic heterocycles. The lowest BCUT2D eigenvalue weighted by atomic mass is 9.95. The largest absolute Gasteiger partial charge is 0.532 e. The highest BCUT2D eigenvalue weighted by atomic mass is 28.4. The average Bonchev–Trinajstić information content (AvgIpc) is 2.48. The van der Waals surface area contributed by atoms with Crippen molar-refractivity contribution in [3.8, 4) is 6.07 Å². The Morgan fingerprint density at radius 2 is 1.50 bits per heavy atom. The number of nitriles is 1. The second kappa shape index (κ2) is 5.61. The van der Waals surface area contributed by atoms with Crippen molar-refractivity contribution in [2.75, 3.05) is 21.3 Å². The summed E-state index contributed by atoms with van der Waals surface area (Å²) >= 11 is 0. The lowest BCUT2D eigenvalue weighted by Crippen LogP contribution is -2.59. The molecule has 4 nitrogen and oxygen atoms in total. The van der Waals surface area contributed by atoms with Crippen LogP contribution in [0.25, 0.3) is 0 Å². The number of halogens is 5. The van der Waals surface area contributed by atoms with Gasteiger partial charge >= 0.3 is 8.80 Å². The van der Waals surface area contributed by atoms with Crippen molar-refractivity contribution in [1.29, 1.82) is 5.26 Å². The van der Waals surface area contributed by atoms with Gasteiger partial charge in [0.2, 0.25) is 5.04 Å². The van der Waals surface area contributed by atoms with Crippen molar-refractivity contribution in [3.05, 3.63) is 23.3 Å². The van der Waals surface area contributed by atoms with Crippen molar-refractivity contribution >= 4 is 8.80 Å². The maximum atomic E-state index is 14.1. The molecule has 0 aromatic rings. The zero-order chi connectivity index (χ0) is 15.7. The molecule has 1 aliphatic rings. The fourth-order valence-electron chi connectivity index (χ4n) is 1.98. The van der Waals surface area contributed by atoms with Crippen molar-refractivity contribution in [2.24, 2.45) is 0 Å². The summed E-state index contributed by atoms with van der Waals surface area (Å²) < 4.78 is 82.1. The number of hydrogen-bond acceptors (Lipinski definition) is 4. The zero-order valence-corrected chi connectivity index (χ0v) is 11.6. The molecule has 0 aromatic heterocycles. The molecule has 0 radical (unpaired) electrons. The average molecular weight is 315 g/mol. The second-order valence-corrected chi connectivity index (χ2v) is 6.87. The summed E-state index contributed by atoms with van der Waals surface area (Å²) in [4.78, 5) is 0. The summed E-state index contributed by atoms with van der Waals surface area (Å²) in [5, 5.41) is 5.89. The highest BCUT2D eigenvalue weighted by Crippen LogP contribution is 2.58. The number of allylic oxidation sites excluding steroid dienone is 4. The van der Waals surface area contributed by atoms with Crippen LogP contribution >= 0.6 is 0 Å². The van der Waals surface area contributed by atoms with Crippen molar-refractivity contribution < 1.29 is 35.2 Å². The standard InChI is InChI=1S/C10H10F5NO3Si/c1-17-20(18-2,19-3)10(4-16)8(14)6(12)5(11)7(13)9(10)15/h8H,1-3H3. The molecule has 0 bridgehead atoms. The van der Waals surface area contributed by atoms with Gasteiger partial charge in [-0.15, -0.1) is 0 Å². The first-order valence-corrected chi connectivity index (χ1v) is 6.84. The van der Waals surface area contributed by atoms with Gasteiger partial charge in [0.25, 0.3) is 0 Å². The fourth-order valence-corrected chi connectivity index (χ4v) is 4.40. The minimum atomic E-state index is -4.56. The normalized spacial score (nSPS) is 27.9. The highest BCUT2D eigenvalue weighted by Gasteiger charge is 2.72. The van der Waals surface area contributed by atoms with E-state index in [2.05, 4.69) is 0 Å². The van der Waals surface area contributed by atoms with Gasteiger partial charge in [-0.25, -0.2) is 22.0 Å². The molecule has 0 N–H and O–H groups in total. The van der Waals surface area contributed by atoms with E-state index in [0.717, 1.165) is 27.4 Å². The SMILES string of the molecule is CO[Si](OC)(OC)C1(C#N)C(F)=C(F)C(F)=C(F)C1F. The molecule has 0 aromatic carbocycles. The predicted molar refractivity (Wildman–Crippen MR) is 58.5 cm³/mol. The van der Waals surface area contributed by atoms with Gasteiger partial charge in [0.15, 0.2) is 29.5 Å². The Balaban J connectivity index is 3.72. The molecule has 10 heteroatoms. The lowest BCUT2D eigenvalue weighted by Gasteiger charge is -2.40. The van der Waals surface area contributed by atoms with Crippen LogP contribution in [0.15, 0.2) is 23.3 Å². The van der Waals surface area contributed by atoms with Gasteiger partial charge in [-0.05, 0) is 0 Å². The molecule has 0 saturated heterocycles. The van der Waals surface area contributed by atoms with Gasteiger partial charge in [0, 0.05) is 21.3 Å². The maximum Gasteiger partial charge on any atom is 0.532 e. The van der Waals surface area contributed by atoms with Crippen LogP contribution < -0.4 is 0 Å². The fraction of sp³-hybridized carbons (Fsp3) is 0.500. The minimum Gasteiger partial charge on any atom is -0.376 e. The minimum absolute atomic E-state index is 0.892. The Kier molecular flexibility index (Phi) is 4.70. The van der Waals surface area contributed by atoms with E-state index in [9.17, 15) is 22.0 Å². The predicted octanol–water partition coefficient (Wildman–Crippen LogP) is 2.78.